The van der Waals surface area contributed by atoms with Crippen LogP contribution < -0.4 is 10.5 Å². The van der Waals surface area contributed by atoms with Gasteiger partial charge in [0, 0.05) is 18.8 Å². The molecule has 0 unspecified atom stereocenters. The van der Waals surface area contributed by atoms with Crippen LogP contribution in [0, 0.1) is 6.92 Å². The number of nitrogens with two attached hydrogens (primary N) is 1. The standard InChI is InChI=1S/C16H25N5O2S.ClH/c1-11-19-14-15(12-7-3-4-8-13(12)20-16(14)17)21(11)10-6-5-9-18-24(2,22)23;/h18H,3-10H2,1-2H3,(H2,17,20);1H. The Bertz CT molecular complexity index is 863. The minimum Gasteiger partial charge on any atom is -0.382 e. The maximum absolute atomic E-state index is 11.1. The van der Waals surface area contributed by atoms with E-state index in [1.165, 1.54) is 18.2 Å². The number of sulfonamides is 1. The van der Waals surface area contributed by atoms with Crippen molar-refractivity contribution in [3.63, 3.8) is 0 Å². The summed E-state index contributed by atoms with van der Waals surface area (Å²) in [6.45, 7) is 3.26. The van der Waals surface area contributed by atoms with Gasteiger partial charge in [-0.2, -0.15) is 0 Å². The van der Waals surface area contributed by atoms with E-state index in [1.54, 1.807) is 0 Å². The van der Waals surface area contributed by atoms with Gasteiger partial charge in [-0.3, -0.25) is 0 Å². The minimum atomic E-state index is -3.11. The van der Waals surface area contributed by atoms with Gasteiger partial charge in [-0.05, 0) is 51.0 Å². The topological polar surface area (TPSA) is 103 Å². The zero-order valence-corrected chi connectivity index (χ0v) is 16.3. The van der Waals surface area contributed by atoms with Crippen molar-refractivity contribution in [2.75, 3.05) is 18.5 Å². The first-order valence-corrected chi connectivity index (χ1v) is 10.3. The molecule has 0 aliphatic heterocycles. The molecule has 0 fully saturated rings. The highest BCUT2D eigenvalue weighted by Gasteiger charge is 2.21. The number of pyridine rings is 1. The lowest BCUT2D eigenvalue weighted by molar-refractivity contribution is 0.570. The zero-order valence-electron chi connectivity index (χ0n) is 14.7. The molecule has 25 heavy (non-hydrogen) atoms. The van der Waals surface area contributed by atoms with Crippen molar-refractivity contribution in [3.8, 4) is 0 Å². The number of nitrogen functional groups attached to an aromatic ring is 1. The van der Waals surface area contributed by atoms with Gasteiger partial charge in [0.15, 0.2) is 5.82 Å². The Balaban J connectivity index is 0.00000225. The molecule has 0 saturated carbocycles. The number of imidazole rings is 1. The third-order valence-electron chi connectivity index (χ3n) is 4.55. The highest BCUT2D eigenvalue weighted by molar-refractivity contribution is 7.88. The van der Waals surface area contributed by atoms with E-state index in [1.807, 2.05) is 6.92 Å². The van der Waals surface area contributed by atoms with Crippen molar-refractivity contribution in [1.82, 2.24) is 19.3 Å². The van der Waals surface area contributed by atoms with E-state index < -0.39 is 10.0 Å². The molecule has 0 amide bonds. The number of unbranched alkanes of at least 4 members (excludes halogenated alkanes) is 1. The lowest BCUT2D eigenvalue weighted by atomic mass is 9.95. The maximum Gasteiger partial charge on any atom is 0.208 e. The Kier molecular flexibility index (Phi) is 6.29. The fourth-order valence-electron chi connectivity index (χ4n) is 3.44. The van der Waals surface area contributed by atoms with Crippen LogP contribution in [0.1, 0.15) is 42.8 Å². The van der Waals surface area contributed by atoms with Crippen LogP contribution in [0.3, 0.4) is 0 Å². The second-order valence-corrected chi connectivity index (χ2v) is 8.34. The second kappa shape index (κ2) is 7.88. The number of hydrogen-bond donors (Lipinski definition) is 2. The molecule has 0 atom stereocenters. The summed E-state index contributed by atoms with van der Waals surface area (Å²) in [5.41, 5.74) is 10.5. The van der Waals surface area contributed by atoms with Crippen LogP contribution in [0.5, 0.6) is 0 Å². The molecule has 0 saturated heterocycles. The van der Waals surface area contributed by atoms with E-state index in [0.717, 1.165) is 61.2 Å². The quantitative estimate of drug-likeness (QED) is 0.737. The first-order chi connectivity index (χ1) is 11.4. The summed E-state index contributed by atoms with van der Waals surface area (Å²) in [5.74, 6) is 1.46. The number of anilines is 1. The smallest absolute Gasteiger partial charge is 0.208 e. The molecule has 0 bridgehead atoms. The number of nitrogens with zero attached hydrogens (tertiary/aromatic N) is 3. The van der Waals surface area contributed by atoms with E-state index in [-0.39, 0.29) is 12.4 Å². The molecular formula is C16H26ClN5O2S. The van der Waals surface area contributed by atoms with E-state index in [9.17, 15) is 8.42 Å². The van der Waals surface area contributed by atoms with Gasteiger partial charge in [-0.25, -0.2) is 23.1 Å². The van der Waals surface area contributed by atoms with Crippen molar-refractivity contribution in [1.29, 1.82) is 0 Å². The normalized spacial score (nSPS) is 14.3. The number of aromatic nitrogens is 3. The summed E-state index contributed by atoms with van der Waals surface area (Å²) >= 11 is 0. The molecule has 3 N–H and O–H groups in total. The van der Waals surface area contributed by atoms with Crippen LogP contribution in [0.2, 0.25) is 0 Å². The first-order valence-electron chi connectivity index (χ1n) is 8.45. The fourth-order valence-corrected chi connectivity index (χ4v) is 3.96. The molecule has 2 aromatic rings. The van der Waals surface area contributed by atoms with Crippen LogP contribution in [0.15, 0.2) is 0 Å². The minimum absolute atomic E-state index is 0. The number of hydrogen-bond acceptors (Lipinski definition) is 5. The van der Waals surface area contributed by atoms with Crippen LogP contribution >= 0.6 is 12.4 Å². The second-order valence-electron chi connectivity index (χ2n) is 6.51. The van der Waals surface area contributed by atoms with E-state index in [2.05, 4.69) is 19.3 Å². The third kappa shape index (κ3) is 4.43. The van der Waals surface area contributed by atoms with Crippen LogP contribution in [-0.4, -0.2) is 35.8 Å². The van der Waals surface area contributed by atoms with Crippen molar-refractivity contribution in [3.05, 3.63) is 17.1 Å². The van der Waals surface area contributed by atoms with Gasteiger partial charge >= 0.3 is 0 Å². The molecule has 0 radical (unpaired) electrons. The van der Waals surface area contributed by atoms with Crippen LogP contribution in [0.4, 0.5) is 5.82 Å². The number of fused-ring (bicyclic) bond motifs is 3. The van der Waals surface area contributed by atoms with E-state index in [0.29, 0.717) is 12.4 Å². The molecule has 0 aromatic carbocycles. The molecule has 1 aliphatic rings. The predicted octanol–water partition coefficient (Wildman–Crippen LogP) is 1.95. The number of halogens is 1. The van der Waals surface area contributed by atoms with Gasteiger partial charge in [0.2, 0.25) is 10.0 Å². The molecular weight excluding hydrogens is 362 g/mol. The Morgan fingerprint density at radius 2 is 1.92 bits per heavy atom. The maximum atomic E-state index is 11.1. The largest absolute Gasteiger partial charge is 0.382 e. The van der Waals surface area contributed by atoms with Crippen molar-refractivity contribution in [2.45, 2.75) is 52.0 Å². The molecule has 0 spiro atoms. The number of nitrogens with one attached hydrogen (secondary N) is 1. The molecule has 1 aliphatic carbocycles. The van der Waals surface area contributed by atoms with E-state index in [4.69, 9.17) is 5.73 Å². The summed E-state index contributed by atoms with van der Waals surface area (Å²) in [7, 11) is -3.11. The third-order valence-corrected chi connectivity index (χ3v) is 5.28. The average Bonchev–Trinajstić information content (AvgIpc) is 2.84. The summed E-state index contributed by atoms with van der Waals surface area (Å²) in [6, 6.07) is 0. The predicted molar refractivity (Wildman–Crippen MR) is 103 cm³/mol. The summed E-state index contributed by atoms with van der Waals surface area (Å²) < 4.78 is 27.0. The first kappa shape index (κ1) is 19.9. The summed E-state index contributed by atoms with van der Waals surface area (Å²) in [6.07, 6.45) is 7.20. The molecule has 9 heteroatoms. The van der Waals surface area contributed by atoms with Gasteiger partial charge < -0.3 is 10.3 Å². The summed E-state index contributed by atoms with van der Waals surface area (Å²) in [4.78, 5) is 9.18. The Hall–Kier alpha value is -1.38. The van der Waals surface area contributed by atoms with Crippen molar-refractivity contribution in [2.24, 2.45) is 0 Å². The molecule has 2 heterocycles. The van der Waals surface area contributed by atoms with Crippen LogP contribution in [0.25, 0.3) is 11.0 Å². The Labute approximate surface area is 154 Å². The lowest BCUT2D eigenvalue weighted by Gasteiger charge is -2.18. The van der Waals surface area contributed by atoms with Crippen LogP contribution in [-0.2, 0) is 29.4 Å². The van der Waals surface area contributed by atoms with Gasteiger partial charge in [0.1, 0.15) is 11.3 Å². The Morgan fingerprint density at radius 3 is 2.64 bits per heavy atom. The van der Waals surface area contributed by atoms with Gasteiger partial charge in [0.05, 0.1) is 11.8 Å². The van der Waals surface area contributed by atoms with E-state index >= 15 is 0 Å². The number of rotatable bonds is 6. The van der Waals surface area contributed by atoms with Crippen molar-refractivity contribution < 1.29 is 8.42 Å². The van der Waals surface area contributed by atoms with Gasteiger partial charge in [-0.15, -0.1) is 12.4 Å². The Morgan fingerprint density at radius 1 is 1.20 bits per heavy atom. The highest BCUT2D eigenvalue weighted by Crippen LogP contribution is 2.31. The molecule has 2 aromatic heterocycles. The average molecular weight is 388 g/mol. The molecule has 140 valence electrons. The van der Waals surface area contributed by atoms with Crippen molar-refractivity contribution >= 4 is 39.3 Å². The summed E-state index contributed by atoms with van der Waals surface area (Å²) in [5, 5.41) is 0. The lowest BCUT2D eigenvalue weighted by Crippen LogP contribution is -2.23. The SMILES string of the molecule is Cc1nc2c(N)nc3c(c2n1CCCCNS(C)(=O)=O)CCCC3.Cl. The molecule has 7 nitrogen and oxygen atoms in total. The monoisotopic (exact) mass is 387 g/mol. The van der Waals surface area contributed by atoms with Gasteiger partial charge in [0.25, 0.3) is 0 Å². The van der Waals surface area contributed by atoms with Gasteiger partial charge in [-0.1, -0.05) is 0 Å². The fraction of sp³-hybridized carbons (Fsp3) is 0.625. The zero-order chi connectivity index (χ0) is 17.3. The molecule has 3 rings (SSSR count). The highest BCUT2D eigenvalue weighted by atomic mass is 35.5. The number of aryl methyl sites for hydroxylation is 4.